The number of anilines is 1. The summed E-state index contributed by atoms with van der Waals surface area (Å²) in [5, 5.41) is 12.0. The summed E-state index contributed by atoms with van der Waals surface area (Å²) in [6, 6.07) is 7.47. The number of thiazole rings is 1. The Balaban J connectivity index is 1.68. The van der Waals surface area contributed by atoms with Crippen LogP contribution in [0.15, 0.2) is 47.2 Å². The number of hydrogen-bond acceptors (Lipinski definition) is 7. The number of aliphatic hydroxyl groups is 1. The fourth-order valence-electron chi connectivity index (χ4n) is 4.03. The number of sulfonamides is 1. The standard InChI is InChI=1S/C21H25N5O4S2/c1-15(28)24-21-23-13-20(31-21)32(29,30)26-10-4-8-18(26)16-6-2-3-7-17(16)19-12-22-14-25(19)9-5-11-27/h2-3,6-7,12-14,18,27H,4-5,8-11H2,1H3,(H,23,24,28). The van der Waals surface area contributed by atoms with Crippen molar-refractivity contribution in [3.05, 3.63) is 48.5 Å². The number of carbonyl (C=O) groups excluding carboxylic acids is 1. The number of benzene rings is 1. The molecule has 9 nitrogen and oxygen atoms in total. The molecule has 0 spiro atoms. The van der Waals surface area contributed by atoms with Crippen LogP contribution in [0, 0.1) is 0 Å². The van der Waals surface area contributed by atoms with Crippen molar-refractivity contribution in [1.82, 2.24) is 18.8 Å². The van der Waals surface area contributed by atoms with Crippen LogP contribution in [0.4, 0.5) is 5.13 Å². The summed E-state index contributed by atoms with van der Waals surface area (Å²) in [6.45, 7) is 2.48. The third-order valence-corrected chi connectivity index (χ3v) is 8.66. The lowest BCUT2D eigenvalue weighted by atomic mass is 9.97. The van der Waals surface area contributed by atoms with E-state index in [4.69, 9.17) is 0 Å². The lowest BCUT2D eigenvalue weighted by Crippen LogP contribution is -2.30. The average Bonchev–Trinajstić information content (AvgIpc) is 3.52. The normalized spacial score (nSPS) is 17.0. The Bertz CT molecular complexity index is 1200. The van der Waals surface area contributed by atoms with Gasteiger partial charge in [0.2, 0.25) is 5.91 Å². The maximum Gasteiger partial charge on any atom is 0.254 e. The number of nitrogens with one attached hydrogen (secondary N) is 1. The van der Waals surface area contributed by atoms with Gasteiger partial charge in [-0.25, -0.2) is 18.4 Å². The Kier molecular flexibility index (Phi) is 6.70. The van der Waals surface area contributed by atoms with Gasteiger partial charge in [-0.15, -0.1) is 0 Å². The molecule has 0 bridgehead atoms. The minimum atomic E-state index is -3.78. The van der Waals surface area contributed by atoms with Crippen molar-refractivity contribution in [2.45, 2.75) is 43.0 Å². The average molecular weight is 476 g/mol. The minimum absolute atomic E-state index is 0.0865. The first-order valence-corrected chi connectivity index (χ1v) is 12.6. The Labute approximate surface area is 190 Å². The van der Waals surface area contributed by atoms with Gasteiger partial charge in [0, 0.05) is 32.2 Å². The molecule has 2 aromatic heterocycles. The number of hydrogen-bond donors (Lipinski definition) is 2. The van der Waals surface area contributed by atoms with Gasteiger partial charge in [-0.05, 0) is 24.8 Å². The predicted molar refractivity (Wildman–Crippen MR) is 122 cm³/mol. The van der Waals surface area contributed by atoms with Gasteiger partial charge in [0.1, 0.15) is 0 Å². The molecule has 3 heterocycles. The molecule has 1 saturated heterocycles. The molecule has 1 aliphatic rings. The largest absolute Gasteiger partial charge is 0.396 e. The fraction of sp³-hybridized carbons (Fsp3) is 0.381. The lowest BCUT2D eigenvalue weighted by molar-refractivity contribution is -0.114. The van der Waals surface area contributed by atoms with Gasteiger partial charge in [0.15, 0.2) is 9.34 Å². The highest BCUT2D eigenvalue weighted by atomic mass is 32.2. The number of nitrogens with zero attached hydrogens (tertiary/aromatic N) is 4. The number of aliphatic hydroxyl groups excluding tert-OH is 1. The topological polar surface area (TPSA) is 117 Å². The van der Waals surface area contributed by atoms with Crippen LogP contribution in [-0.2, 0) is 21.4 Å². The Hall–Kier alpha value is -2.60. The molecule has 4 rings (SSSR count). The zero-order valence-electron chi connectivity index (χ0n) is 17.6. The molecular weight excluding hydrogens is 450 g/mol. The highest BCUT2D eigenvalue weighted by Crippen LogP contribution is 2.41. The number of aryl methyl sites for hydroxylation is 1. The van der Waals surface area contributed by atoms with Crippen molar-refractivity contribution >= 4 is 32.4 Å². The maximum atomic E-state index is 13.5. The molecule has 1 aromatic carbocycles. The fourth-order valence-corrected chi connectivity index (χ4v) is 6.91. The van der Waals surface area contributed by atoms with Crippen LogP contribution in [-0.4, -0.2) is 51.4 Å². The summed E-state index contributed by atoms with van der Waals surface area (Å²) < 4.78 is 30.5. The number of rotatable bonds is 8. The van der Waals surface area contributed by atoms with E-state index in [0.29, 0.717) is 25.9 Å². The molecule has 0 radical (unpaired) electrons. The second-order valence-electron chi connectivity index (χ2n) is 7.58. The SMILES string of the molecule is CC(=O)Nc1ncc(S(=O)(=O)N2CCCC2c2ccccc2-c2cncn2CCCO)s1. The molecule has 1 atom stereocenters. The molecule has 0 saturated carbocycles. The number of aromatic nitrogens is 3. The van der Waals surface area contributed by atoms with Crippen LogP contribution in [0.1, 0.15) is 37.8 Å². The molecule has 2 N–H and O–H groups in total. The number of carbonyl (C=O) groups is 1. The highest BCUT2D eigenvalue weighted by molar-refractivity contribution is 7.91. The molecule has 0 aliphatic carbocycles. The zero-order valence-corrected chi connectivity index (χ0v) is 19.3. The molecule has 1 fully saturated rings. The second-order valence-corrected chi connectivity index (χ2v) is 10.7. The summed E-state index contributed by atoms with van der Waals surface area (Å²) in [6.07, 6.45) is 6.87. The van der Waals surface area contributed by atoms with E-state index in [-0.39, 0.29) is 27.9 Å². The van der Waals surface area contributed by atoms with E-state index in [9.17, 15) is 18.3 Å². The van der Waals surface area contributed by atoms with Crippen molar-refractivity contribution in [2.75, 3.05) is 18.5 Å². The molecule has 11 heteroatoms. The Morgan fingerprint density at radius 1 is 1.31 bits per heavy atom. The van der Waals surface area contributed by atoms with E-state index in [1.807, 2.05) is 28.8 Å². The summed E-state index contributed by atoms with van der Waals surface area (Å²) in [7, 11) is -3.78. The molecule has 1 aliphatic heterocycles. The van der Waals surface area contributed by atoms with Crippen LogP contribution in [0.5, 0.6) is 0 Å². The van der Waals surface area contributed by atoms with E-state index in [1.165, 1.54) is 17.4 Å². The van der Waals surface area contributed by atoms with Gasteiger partial charge in [0.25, 0.3) is 10.0 Å². The minimum Gasteiger partial charge on any atom is -0.396 e. The van der Waals surface area contributed by atoms with Gasteiger partial charge in [-0.2, -0.15) is 4.31 Å². The molecule has 1 unspecified atom stereocenters. The number of imidazole rings is 1. The monoisotopic (exact) mass is 475 g/mol. The van der Waals surface area contributed by atoms with Crippen LogP contribution in [0.3, 0.4) is 0 Å². The van der Waals surface area contributed by atoms with Gasteiger partial charge < -0.3 is 15.0 Å². The Morgan fingerprint density at radius 3 is 2.91 bits per heavy atom. The zero-order chi connectivity index (χ0) is 22.7. The summed E-state index contributed by atoms with van der Waals surface area (Å²) in [5.41, 5.74) is 2.74. The summed E-state index contributed by atoms with van der Waals surface area (Å²) in [5.74, 6) is -0.297. The van der Waals surface area contributed by atoms with Crippen molar-refractivity contribution in [2.24, 2.45) is 0 Å². The van der Waals surface area contributed by atoms with Crippen molar-refractivity contribution in [3.8, 4) is 11.3 Å². The third kappa shape index (κ3) is 4.46. The first kappa shape index (κ1) is 22.6. The van der Waals surface area contributed by atoms with Crippen LogP contribution in [0.2, 0.25) is 0 Å². The van der Waals surface area contributed by atoms with E-state index < -0.39 is 10.0 Å². The molecule has 170 valence electrons. The summed E-state index contributed by atoms with van der Waals surface area (Å²) in [4.78, 5) is 19.6. The third-order valence-electron chi connectivity index (χ3n) is 5.40. The Morgan fingerprint density at radius 2 is 2.12 bits per heavy atom. The van der Waals surface area contributed by atoms with Crippen molar-refractivity contribution in [3.63, 3.8) is 0 Å². The maximum absolute atomic E-state index is 13.5. The first-order valence-electron chi connectivity index (χ1n) is 10.4. The van der Waals surface area contributed by atoms with E-state index in [2.05, 4.69) is 15.3 Å². The van der Waals surface area contributed by atoms with E-state index in [1.54, 1.807) is 12.5 Å². The van der Waals surface area contributed by atoms with Crippen LogP contribution >= 0.6 is 11.3 Å². The van der Waals surface area contributed by atoms with Crippen molar-refractivity contribution < 1.29 is 18.3 Å². The second kappa shape index (κ2) is 9.49. The van der Waals surface area contributed by atoms with Gasteiger partial charge >= 0.3 is 0 Å². The van der Waals surface area contributed by atoms with E-state index >= 15 is 0 Å². The van der Waals surface area contributed by atoms with Gasteiger partial charge in [-0.3, -0.25) is 4.79 Å². The molecule has 1 amide bonds. The predicted octanol–water partition coefficient (Wildman–Crippen LogP) is 2.87. The van der Waals surface area contributed by atoms with Crippen LogP contribution in [0.25, 0.3) is 11.3 Å². The smallest absolute Gasteiger partial charge is 0.254 e. The molecular formula is C21H25N5O4S2. The van der Waals surface area contributed by atoms with E-state index in [0.717, 1.165) is 34.6 Å². The number of amides is 1. The highest BCUT2D eigenvalue weighted by Gasteiger charge is 2.38. The quantitative estimate of drug-likeness (QED) is 0.517. The molecule has 32 heavy (non-hydrogen) atoms. The summed E-state index contributed by atoms with van der Waals surface area (Å²) >= 11 is 0.955. The van der Waals surface area contributed by atoms with Crippen LogP contribution < -0.4 is 5.32 Å². The van der Waals surface area contributed by atoms with Gasteiger partial charge in [-0.1, -0.05) is 35.6 Å². The van der Waals surface area contributed by atoms with Crippen molar-refractivity contribution in [1.29, 1.82) is 0 Å². The lowest BCUT2D eigenvalue weighted by Gasteiger charge is -2.25. The van der Waals surface area contributed by atoms with Gasteiger partial charge in [0.05, 0.1) is 30.5 Å². The molecule has 3 aromatic rings. The first-order chi connectivity index (χ1) is 15.4.